The number of nitrogens with one attached hydrogen (secondary N) is 3. The smallest absolute Gasteiger partial charge is 0.251 e. The number of rotatable bonds is 10. The largest absolute Gasteiger partial charge is 0.394 e. The van der Waals surface area contributed by atoms with Gasteiger partial charge in [0, 0.05) is 21.7 Å². The average molecular weight is 503 g/mol. The number of amides is 2. The van der Waals surface area contributed by atoms with Gasteiger partial charge in [-0.25, -0.2) is 4.39 Å². The normalized spacial score (nSPS) is 16.0. The minimum atomic E-state index is -0.706. The summed E-state index contributed by atoms with van der Waals surface area (Å²) in [6.07, 6.45) is 2.48. The van der Waals surface area contributed by atoms with Crippen LogP contribution in [0.2, 0.25) is 0 Å². The van der Waals surface area contributed by atoms with Crippen molar-refractivity contribution in [1.29, 1.82) is 0 Å². The number of hydrogen-bond donors (Lipinski definition) is 4. The Bertz CT molecular complexity index is 977. The molecule has 1 aliphatic heterocycles. The maximum absolute atomic E-state index is 13.3. The zero-order valence-electron chi connectivity index (χ0n) is 20.5. The third-order valence-corrected chi connectivity index (χ3v) is 7.26. The lowest BCUT2D eigenvalue weighted by Gasteiger charge is -2.31. The first kappa shape index (κ1) is 27.1. The molecule has 0 saturated carbocycles. The molecular formula is C26H35FN4O3S. The molecule has 0 spiro atoms. The van der Waals surface area contributed by atoms with Gasteiger partial charge in [-0.1, -0.05) is 0 Å². The molecule has 35 heavy (non-hydrogen) atoms. The predicted octanol–water partition coefficient (Wildman–Crippen LogP) is 3.66. The summed E-state index contributed by atoms with van der Waals surface area (Å²) in [7, 11) is 2.08. The van der Waals surface area contributed by atoms with Crippen LogP contribution in [0.15, 0.2) is 53.4 Å². The van der Waals surface area contributed by atoms with Crippen molar-refractivity contribution in [3.63, 3.8) is 0 Å². The highest BCUT2D eigenvalue weighted by Crippen LogP contribution is 2.23. The number of benzene rings is 2. The number of carbonyl (C=O) groups excluding carboxylic acids is 2. The third kappa shape index (κ3) is 8.61. The Kier molecular flexibility index (Phi) is 9.68. The number of nitrogens with zero attached hydrogens (tertiary/aromatic N) is 1. The van der Waals surface area contributed by atoms with Gasteiger partial charge in [0.25, 0.3) is 5.91 Å². The summed E-state index contributed by atoms with van der Waals surface area (Å²) in [4.78, 5) is 29.2. The fourth-order valence-electron chi connectivity index (χ4n) is 3.77. The van der Waals surface area contributed by atoms with Gasteiger partial charge in [-0.15, -0.1) is 0 Å². The van der Waals surface area contributed by atoms with Crippen LogP contribution in [0.1, 0.15) is 43.5 Å². The Morgan fingerprint density at radius 2 is 1.74 bits per heavy atom. The van der Waals surface area contributed by atoms with Crippen LogP contribution < -0.4 is 15.4 Å². The minimum Gasteiger partial charge on any atom is -0.394 e. The van der Waals surface area contributed by atoms with Gasteiger partial charge in [0.1, 0.15) is 11.9 Å². The number of anilines is 1. The zero-order chi connectivity index (χ0) is 25.4. The molecule has 0 aliphatic carbocycles. The number of hydrogen-bond acceptors (Lipinski definition) is 6. The molecule has 1 unspecified atom stereocenters. The van der Waals surface area contributed by atoms with Gasteiger partial charge in [0.05, 0.1) is 6.61 Å². The van der Waals surface area contributed by atoms with Gasteiger partial charge < -0.3 is 20.6 Å². The molecule has 3 rings (SSSR count). The molecule has 2 aromatic carbocycles. The van der Waals surface area contributed by atoms with E-state index in [2.05, 4.69) is 27.3 Å². The molecule has 9 heteroatoms. The third-order valence-electron chi connectivity index (χ3n) is 6.10. The maximum Gasteiger partial charge on any atom is 0.251 e. The van der Waals surface area contributed by atoms with E-state index < -0.39 is 23.3 Å². The molecule has 7 nitrogen and oxygen atoms in total. The van der Waals surface area contributed by atoms with Crippen molar-refractivity contribution in [3.8, 4) is 0 Å². The van der Waals surface area contributed by atoms with E-state index in [1.54, 1.807) is 0 Å². The average Bonchev–Trinajstić information content (AvgIpc) is 2.85. The van der Waals surface area contributed by atoms with Crippen molar-refractivity contribution in [2.45, 2.75) is 49.6 Å². The summed E-state index contributed by atoms with van der Waals surface area (Å²) >= 11 is 1.41. The Labute approximate surface area is 211 Å². The van der Waals surface area contributed by atoms with Gasteiger partial charge in [-0.3, -0.25) is 14.3 Å². The van der Waals surface area contributed by atoms with Crippen molar-refractivity contribution in [2.75, 3.05) is 32.1 Å². The second-order valence-electron chi connectivity index (χ2n) is 9.78. The molecule has 2 aromatic rings. The molecule has 1 atom stereocenters. The Balaban J connectivity index is 1.65. The van der Waals surface area contributed by atoms with E-state index in [1.165, 1.54) is 36.2 Å². The summed E-state index contributed by atoms with van der Waals surface area (Å²) in [6, 6.07) is 12.0. The van der Waals surface area contributed by atoms with Crippen LogP contribution in [0.5, 0.6) is 0 Å². The quantitative estimate of drug-likeness (QED) is 0.371. The summed E-state index contributed by atoms with van der Waals surface area (Å²) < 4.78 is 16.5. The van der Waals surface area contributed by atoms with Crippen molar-refractivity contribution in [3.05, 3.63) is 59.9 Å². The van der Waals surface area contributed by atoms with E-state index in [0.717, 1.165) is 30.8 Å². The molecule has 1 heterocycles. The molecule has 1 fully saturated rings. The summed E-state index contributed by atoms with van der Waals surface area (Å²) in [5.74, 6) is -0.768. The van der Waals surface area contributed by atoms with Crippen molar-refractivity contribution in [1.82, 2.24) is 14.9 Å². The molecule has 4 N–H and O–H groups in total. The highest BCUT2D eigenvalue weighted by atomic mass is 32.2. The first-order valence-electron chi connectivity index (χ1n) is 11.9. The van der Waals surface area contributed by atoms with E-state index in [-0.39, 0.29) is 12.5 Å². The Hall–Kier alpha value is -2.46. The van der Waals surface area contributed by atoms with Crippen LogP contribution >= 0.6 is 11.9 Å². The molecule has 1 saturated heterocycles. The Morgan fingerprint density at radius 1 is 1.11 bits per heavy atom. The summed E-state index contributed by atoms with van der Waals surface area (Å²) in [5, 5.41) is 15.2. The van der Waals surface area contributed by atoms with E-state index in [1.807, 2.05) is 38.1 Å². The Morgan fingerprint density at radius 3 is 2.34 bits per heavy atom. The van der Waals surface area contributed by atoms with E-state index in [4.69, 9.17) is 0 Å². The standard InChI is InChI=1S/C26H35FN4O3S/c1-26(2,17-32)30-35-22-10-8-21(9-11-22)28-25(34)23(16-18-12-14-31(3)15-13-18)29-24(33)19-4-6-20(27)7-5-19/h4-11,18,23,30,32H,12-17H2,1-3H3,(H,28,34)(H,29,33). The highest BCUT2D eigenvalue weighted by Gasteiger charge is 2.27. The number of aliphatic hydroxyl groups is 1. The second-order valence-corrected chi connectivity index (χ2v) is 10.7. The van der Waals surface area contributed by atoms with Gasteiger partial charge in [-0.05, 0) is 120 Å². The fourth-order valence-corrected chi connectivity index (χ4v) is 4.50. The first-order chi connectivity index (χ1) is 16.6. The lowest BCUT2D eigenvalue weighted by atomic mass is 9.90. The van der Waals surface area contributed by atoms with Crippen LogP contribution in [-0.2, 0) is 4.79 Å². The number of likely N-dealkylation sites (tertiary alicyclic amines) is 1. The van der Waals surface area contributed by atoms with Crippen LogP contribution in [0.3, 0.4) is 0 Å². The number of carbonyl (C=O) groups is 2. The molecule has 190 valence electrons. The molecule has 0 bridgehead atoms. The lowest BCUT2D eigenvalue weighted by Crippen LogP contribution is -2.46. The van der Waals surface area contributed by atoms with Gasteiger partial charge in [-0.2, -0.15) is 0 Å². The molecule has 0 radical (unpaired) electrons. The number of halogens is 1. The van der Waals surface area contributed by atoms with Crippen LogP contribution in [0.4, 0.5) is 10.1 Å². The first-order valence-corrected chi connectivity index (χ1v) is 12.7. The number of aliphatic hydroxyl groups excluding tert-OH is 1. The van der Waals surface area contributed by atoms with E-state index in [0.29, 0.717) is 23.6 Å². The monoisotopic (exact) mass is 502 g/mol. The van der Waals surface area contributed by atoms with Gasteiger partial charge in [0.2, 0.25) is 5.91 Å². The summed E-state index contributed by atoms with van der Waals surface area (Å²) in [5.41, 5.74) is 0.527. The highest BCUT2D eigenvalue weighted by molar-refractivity contribution is 7.97. The molecular weight excluding hydrogens is 467 g/mol. The van der Waals surface area contributed by atoms with Crippen LogP contribution in [0.25, 0.3) is 0 Å². The SMILES string of the molecule is CN1CCC(CC(NC(=O)c2ccc(F)cc2)C(=O)Nc2ccc(SNC(C)(C)CO)cc2)CC1. The van der Waals surface area contributed by atoms with Crippen molar-refractivity contribution in [2.24, 2.45) is 5.92 Å². The summed E-state index contributed by atoms with van der Waals surface area (Å²) in [6.45, 7) is 5.74. The van der Waals surface area contributed by atoms with E-state index >= 15 is 0 Å². The van der Waals surface area contributed by atoms with E-state index in [9.17, 15) is 19.1 Å². The topological polar surface area (TPSA) is 93.7 Å². The number of piperidine rings is 1. The van der Waals surface area contributed by atoms with Crippen molar-refractivity contribution < 1.29 is 19.1 Å². The van der Waals surface area contributed by atoms with Gasteiger partial charge >= 0.3 is 0 Å². The molecule has 2 amide bonds. The maximum atomic E-state index is 13.3. The molecule has 0 aromatic heterocycles. The van der Waals surface area contributed by atoms with Gasteiger partial charge in [0.15, 0.2) is 0 Å². The zero-order valence-corrected chi connectivity index (χ0v) is 21.3. The van der Waals surface area contributed by atoms with Crippen LogP contribution in [0, 0.1) is 11.7 Å². The molecule has 1 aliphatic rings. The van der Waals surface area contributed by atoms with Crippen LogP contribution in [-0.4, -0.2) is 60.1 Å². The lowest BCUT2D eigenvalue weighted by molar-refractivity contribution is -0.118. The fraction of sp³-hybridized carbons (Fsp3) is 0.462. The predicted molar refractivity (Wildman–Crippen MR) is 138 cm³/mol. The van der Waals surface area contributed by atoms with Crippen molar-refractivity contribution >= 4 is 29.4 Å². The second kappa shape index (κ2) is 12.5. The minimum absolute atomic E-state index is 0.0104.